The van der Waals surface area contributed by atoms with Crippen LogP contribution in [0.1, 0.15) is 12.1 Å². The maximum absolute atomic E-state index is 4.26. The summed E-state index contributed by atoms with van der Waals surface area (Å²) in [6.45, 7) is 4.33. The summed E-state index contributed by atoms with van der Waals surface area (Å²) in [7, 11) is 2.16. The van der Waals surface area contributed by atoms with Crippen molar-refractivity contribution in [2.24, 2.45) is 0 Å². The molecule has 0 spiro atoms. The number of anilines is 1. The van der Waals surface area contributed by atoms with Gasteiger partial charge in [-0.05, 0) is 39.1 Å². The van der Waals surface area contributed by atoms with E-state index in [1.165, 1.54) is 13.0 Å². The third-order valence-electron chi connectivity index (χ3n) is 2.67. The lowest BCUT2D eigenvalue weighted by Crippen LogP contribution is -2.23. The molecule has 1 aromatic rings. The van der Waals surface area contributed by atoms with Gasteiger partial charge in [-0.3, -0.25) is 4.98 Å². The maximum atomic E-state index is 4.26. The summed E-state index contributed by atoms with van der Waals surface area (Å²) in [4.78, 5) is 6.61. The summed E-state index contributed by atoms with van der Waals surface area (Å²) in [5.41, 5.74) is 2.20. The Labute approximate surface area is 85.1 Å². The van der Waals surface area contributed by atoms with E-state index in [1.54, 1.807) is 0 Å². The second kappa shape index (κ2) is 3.96. The van der Waals surface area contributed by atoms with Crippen molar-refractivity contribution in [1.82, 2.24) is 9.88 Å². The van der Waals surface area contributed by atoms with Crippen molar-refractivity contribution >= 4 is 5.69 Å². The van der Waals surface area contributed by atoms with Gasteiger partial charge in [0.2, 0.25) is 0 Å². The number of nitrogens with zero attached hydrogens (tertiary/aromatic N) is 2. The van der Waals surface area contributed by atoms with E-state index in [-0.39, 0.29) is 0 Å². The Bertz CT molecular complexity index is 294. The Hall–Kier alpha value is -1.09. The number of pyridine rings is 1. The van der Waals surface area contributed by atoms with Gasteiger partial charge in [-0.15, -0.1) is 0 Å². The molecule has 0 aromatic carbocycles. The summed E-state index contributed by atoms with van der Waals surface area (Å²) < 4.78 is 0. The van der Waals surface area contributed by atoms with Crippen molar-refractivity contribution in [3.05, 3.63) is 24.0 Å². The van der Waals surface area contributed by atoms with E-state index in [1.807, 2.05) is 19.2 Å². The van der Waals surface area contributed by atoms with Gasteiger partial charge in [0.05, 0.1) is 11.9 Å². The molecule has 1 unspecified atom stereocenters. The molecule has 76 valence electrons. The number of hydrogen-bond acceptors (Lipinski definition) is 3. The Morgan fingerprint density at radius 2 is 2.36 bits per heavy atom. The summed E-state index contributed by atoms with van der Waals surface area (Å²) in [5.74, 6) is 0. The lowest BCUT2D eigenvalue weighted by atomic mass is 10.2. The number of aryl methyl sites for hydroxylation is 1. The fourth-order valence-corrected chi connectivity index (χ4v) is 1.84. The van der Waals surface area contributed by atoms with E-state index >= 15 is 0 Å². The minimum absolute atomic E-state index is 0.588. The number of likely N-dealkylation sites (N-methyl/N-ethyl adjacent to an activating group) is 1. The first-order valence-electron chi connectivity index (χ1n) is 5.12. The average Bonchev–Trinajstić information content (AvgIpc) is 2.56. The van der Waals surface area contributed by atoms with Crippen LogP contribution in [0.4, 0.5) is 5.69 Å². The Morgan fingerprint density at radius 1 is 1.50 bits per heavy atom. The molecule has 1 aliphatic heterocycles. The molecule has 0 saturated carbocycles. The minimum Gasteiger partial charge on any atom is -0.380 e. The van der Waals surface area contributed by atoms with Crippen LogP contribution in [0.2, 0.25) is 0 Å². The molecule has 1 fully saturated rings. The zero-order valence-electron chi connectivity index (χ0n) is 8.83. The van der Waals surface area contributed by atoms with Gasteiger partial charge in [0.15, 0.2) is 0 Å². The van der Waals surface area contributed by atoms with Gasteiger partial charge < -0.3 is 10.2 Å². The maximum Gasteiger partial charge on any atom is 0.0529 e. The molecule has 1 aliphatic rings. The molecule has 1 atom stereocenters. The summed E-state index contributed by atoms with van der Waals surface area (Å²) >= 11 is 0. The zero-order valence-corrected chi connectivity index (χ0v) is 8.83. The van der Waals surface area contributed by atoms with Crippen LogP contribution in [0.5, 0.6) is 0 Å². The van der Waals surface area contributed by atoms with E-state index in [2.05, 4.69) is 28.3 Å². The number of nitrogens with one attached hydrogen (secondary N) is 1. The summed E-state index contributed by atoms with van der Waals surface area (Å²) in [5, 5.41) is 3.49. The van der Waals surface area contributed by atoms with E-state index < -0.39 is 0 Å². The first-order chi connectivity index (χ1) is 6.74. The highest BCUT2D eigenvalue weighted by Gasteiger charge is 2.18. The topological polar surface area (TPSA) is 28.2 Å². The average molecular weight is 191 g/mol. The second-order valence-electron chi connectivity index (χ2n) is 4.08. The van der Waals surface area contributed by atoms with Crippen LogP contribution in [0.25, 0.3) is 0 Å². The molecule has 0 amide bonds. The standard InChI is InChI=1S/C11H17N3/c1-9-3-4-10(7-12-9)13-11-5-6-14(2)8-11/h3-4,7,11,13H,5-6,8H2,1-2H3. The molecule has 0 aliphatic carbocycles. The first kappa shape index (κ1) is 9.46. The number of likely N-dealkylation sites (tertiary alicyclic amines) is 1. The van der Waals surface area contributed by atoms with Crippen LogP contribution in [-0.2, 0) is 0 Å². The van der Waals surface area contributed by atoms with Crippen LogP contribution >= 0.6 is 0 Å². The predicted molar refractivity (Wildman–Crippen MR) is 58.5 cm³/mol. The smallest absolute Gasteiger partial charge is 0.0529 e. The van der Waals surface area contributed by atoms with Gasteiger partial charge in [-0.1, -0.05) is 0 Å². The van der Waals surface area contributed by atoms with Gasteiger partial charge in [0.25, 0.3) is 0 Å². The summed E-state index contributed by atoms with van der Waals surface area (Å²) in [6, 6.07) is 4.73. The van der Waals surface area contributed by atoms with E-state index in [0.29, 0.717) is 6.04 Å². The minimum atomic E-state index is 0.588. The van der Waals surface area contributed by atoms with Gasteiger partial charge in [0.1, 0.15) is 0 Å². The SMILES string of the molecule is Cc1ccc(NC2CCN(C)C2)cn1. The molecule has 0 bridgehead atoms. The highest BCUT2D eigenvalue weighted by Crippen LogP contribution is 2.13. The molecule has 1 aromatic heterocycles. The van der Waals surface area contributed by atoms with E-state index in [4.69, 9.17) is 0 Å². The monoisotopic (exact) mass is 191 g/mol. The largest absolute Gasteiger partial charge is 0.380 e. The van der Waals surface area contributed by atoms with Crippen molar-refractivity contribution in [3.63, 3.8) is 0 Å². The highest BCUT2D eigenvalue weighted by atomic mass is 15.2. The van der Waals surface area contributed by atoms with Gasteiger partial charge in [0, 0.05) is 18.3 Å². The van der Waals surface area contributed by atoms with Gasteiger partial charge >= 0.3 is 0 Å². The lowest BCUT2D eigenvalue weighted by molar-refractivity contribution is 0.414. The van der Waals surface area contributed by atoms with Crippen molar-refractivity contribution in [2.75, 3.05) is 25.5 Å². The highest BCUT2D eigenvalue weighted by molar-refractivity contribution is 5.42. The molecular weight excluding hydrogens is 174 g/mol. The zero-order chi connectivity index (χ0) is 9.97. The molecule has 3 heteroatoms. The molecule has 2 heterocycles. The van der Waals surface area contributed by atoms with Gasteiger partial charge in [-0.25, -0.2) is 0 Å². The number of aromatic nitrogens is 1. The third kappa shape index (κ3) is 2.23. The molecule has 1 saturated heterocycles. The Morgan fingerprint density at radius 3 is 2.93 bits per heavy atom. The van der Waals surface area contributed by atoms with Crippen molar-refractivity contribution < 1.29 is 0 Å². The van der Waals surface area contributed by atoms with Crippen molar-refractivity contribution in [3.8, 4) is 0 Å². The number of hydrogen-bond donors (Lipinski definition) is 1. The normalized spacial score (nSPS) is 22.6. The summed E-state index contributed by atoms with van der Waals surface area (Å²) in [6.07, 6.45) is 3.14. The van der Waals surface area contributed by atoms with Crippen molar-refractivity contribution in [2.45, 2.75) is 19.4 Å². The molecule has 14 heavy (non-hydrogen) atoms. The van der Waals surface area contributed by atoms with Crippen LogP contribution in [0.3, 0.4) is 0 Å². The fraction of sp³-hybridized carbons (Fsp3) is 0.545. The van der Waals surface area contributed by atoms with Crippen LogP contribution < -0.4 is 5.32 Å². The van der Waals surface area contributed by atoms with E-state index in [0.717, 1.165) is 17.9 Å². The Balaban J connectivity index is 1.94. The molecule has 3 nitrogen and oxygen atoms in total. The van der Waals surface area contributed by atoms with Crippen molar-refractivity contribution in [1.29, 1.82) is 0 Å². The lowest BCUT2D eigenvalue weighted by Gasteiger charge is -2.13. The van der Waals surface area contributed by atoms with E-state index in [9.17, 15) is 0 Å². The predicted octanol–water partition coefficient (Wildman–Crippen LogP) is 1.51. The molecule has 2 rings (SSSR count). The fourth-order valence-electron chi connectivity index (χ4n) is 1.84. The van der Waals surface area contributed by atoms with Gasteiger partial charge in [-0.2, -0.15) is 0 Å². The first-order valence-corrected chi connectivity index (χ1v) is 5.12. The van der Waals surface area contributed by atoms with Crippen LogP contribution in [0, 0.1) is 6.92 Å². The molecular formula is C11H17N3. The van der Waals surface area contributed by atoms with Crippen LogP contribution in [0.15, 0.2) is 18.3 Å². The quantitative estimate of drug-likeness (QED) is 0.768. The second-order valence-corrected chi connectivity index (χ2v) is 4.08. The Kier molecular flexibility index (Phi) is 2.68. The molecule has 1 N–H and O–H groups in total. The molecule has 0 radical (unpaired) electrons. The van der Waals surface area contributed by atoms with Crippen LogP contribution in [-0.4, -0.2) is 36.1 Å². The third-order valence-corrected chi connectivity index (χ3v) is 2.67. The number of rotatable bonds is 2.